The molecule has 2 aromatic carbocycles. The van der Waals surface area contributed by atoms with E-state index in [1.54, 1.807) is 37.5 Å². The van der Waals surface area contributed by atoms with Gasteiger partial charge in [-0.3, -0.25) is 19.7 Å². The van der Waals surface area contributed by atoms with Crippen molar-refractivity contribution in [3.63, 3.8) is 0 Å². The summed E-state index contributed by atoms with van der Waals surface area (Å²) >= 11 is 0. The average molecular weight is 487 g/mol. The summed E-state index contributed by atoms with van der Waals surface area (Å²) in [4.78, 5) is 48.8. The largest absolute Gasteiger partial charge is 0.497 e. The van der Waals surface area contributed by atoms with Crippen LogP contribution in [0.4, 0.5) is 5.69 Å². The molecule has 2 aromatic rings. The molecule has 0 spiro atoms. The zero-order valence-corrected chi connectivity index (χ0v) is 19.1. The summed E-state index contributed by atoms with van der Waals surface area (Å²) in [5.74, 6) is -1.60. The lowest BCUT2D eigenvalue weighted by Crippen LogP contribution is -2.28. The third-order valence-electron chi connectivity index (χ3n) is 6.70. The number of benzene rings is 2. The van der Waals surface area contributed by atoms with Crippen LogP contribution < -0.4 is 9.47 Å². The second kappa shape index (κ2) is 9.21. The maximum atomic E-state index is 12.9. The van der Waals surface area contributed by atoms with E-state index in [0.717, 1.165) is 29.3 Å². The molecule has 0 radical (unpaired) electrons. The van der Waals surface area contributed by atoms with Gasteiger partial charge in [-0.1, -0.05) is 24.3 Å². The number of nitro groups is 1. The first-order valence-corrected chi connectivity index (χ1v) is 11.3. The Morgan fingerprint density at radius 2 is 1.75 bits per heavy atom. The third kappa shape index (κ3) is 4.17. The normalized spacial score (nSPS) is 24.2. The standard InChI is InChI=1S/C26H21N3O7/c1-35-20-8-2-15(3-9-20)4-11-22(30)36-21-10-7-19(29(33)34)13-18(21)14-27-28-25(31)23-16-5-6-17(12-16)24(23)26(28)32/h2-11,13-14,16-17,23-24H,12H2,1H3/b11-4+,27-14?/t16-,17-,23-,24+/m0/s1. The fourth-order valence-corrected chi connectivity index (χ4v) is 4.99. The molecule has 182 valence electrons. The number of imide groups is 1. The first-order valence-electron chi connectivity index (χ1n) is 11.3. The van der Waals surface area contributed by atoms with Crippen LogP contribution >= 0.6 is 0 Å². The van der Waals surface area contributed by atoms with Crippen molar-refractivity contribution in [2.45, 2.75) is 6.42 Å². The molecule has 5 rings (SSSR count). The Morgan fingerprint density at radius 3 is 2.36 bits per heavy atom. The van der Waals surface area contributed by atoms with Gasteiger partial charge in [0.2, 0.25) is 0 Å². The Balaban J connectivity index is 1.35. The fourth-order valence-electron chi connectivity index (χ4n) is 4.99. The van der Waals surface area contributed by atoms with Crippen molar-refractivity contribution >= 4 is 35.8 Å². The predicted octanol–water partition coefficient (Wildman–Crippen LogP) is 3.36. The highest BCUT2D eigenvalue weighted by Crippen LogP contribution is 2.52. The molecule has 36 heavy (non-hydrogen) atoms. The molecular formula is C26H21N3O7. The van der Waals surface area contributed by atoms with Gasteiger partial charge < -0.3 is 9.47 Å². The summed E-state index contributed by atoms with van der Waals surface area (Å²) in [6.07, 6.45) is 8.63. The number of nitrogens with zero attached hydrogens (tertiary/aromatic N) is 3. The number of hydrogen-bond acceptors (Lipinski definition) is 8. The molecule has 10 heteroatoms. The van der Waals surface area contributed by atoms with E-state index in [1.807, 2.05) is 12.2 Å². The van der Waals surface area contributed by atoms with Gasteiger partial charge in [0.15, 0.2) is 0 Å². The van der Waals surface area contributed by atoms with Crippen LogP contribution in [0.1, 0.15) is 17.5 Å². The van der Waals surface area contributed by atoms with Crippen molar-refractivity contribution in [1.29, 1.82) is 0 Å². The molecule has 0 N–H and O–H groups in total. The molecule has 4 atom stereocenters. The first-order chi connectivity index (χ1) is 17.4. The van der Waals surface area contributed by atoms with Gasteiger partial charge in [-0.15, -0.1) is 0 Å². The molecule has 0 unspecified atom stereocenters. The van der Waals surface area contributed by atoms with E-state index < -0.39 is 22.7 Å². The Hall–Kier alpha value is -4.60. The van der Waals surface area contributed by atoms with Crippen LogP contribution in [0.3, 0.4) is 0 Å². The number of amides is 2. The number of non-ortho nitro benzene ring substituents is 1. The van der Waals surface area contributed by atoms with E-state index in [0.29, 0.717) is 5.75 Å². The minimum Gasteiger partial charge on any atom is -0.497 e. The number of methoxy groups -OCH3 is 1. The number of hydrazone groups is 1. The van der Waals surface area contributed by atoms with E-state index in [4.69, 9.17) is 9.47 Å². The van der Waals surface area contributed by atoms with Crippen LogP contribution in [-0.4, -0.2) is 41.0 Å². The molecule has 0 aromatic heterocycles. The van der Waals surface area contributed by atoms with Crippen LogP contribution in [0.25, 0.3) is 6.08 Å². The number of allylic oxidation sites excluding steroid dienone is 2. The lowest BCUT2D eigenvalue weighted by Gasteiger charge is -2.13. The number of carbonyl (C=O) groups is 3. The molecule has 1 saturated heterocycles. The second-order valence-electron chi connectivity index (χ2n) is 8.74. The van der Waals surface area contributed by atoms with Gasteiger partial charge in [0.05, 0.1) is 30.1 Å². The first kappa shape index (κ1) is 23.2. The summed E-state index contributed by atoms with van der Waals surface area (Å²) in [6, 6.07) is 10.6. The van der Waals surface area contributed by atoms with Crippen LogP contribution in [0, 0.1) is 33.8 Å². The molecular weight excluding hydrogens is 466 g/mol. The SMILES string of the molecule is COc1ccc(/C=C/C(=O)Oc2ccc([N+](=O)[O-])cc2C=NN2C(=O)[C@@H]3[C@H](C2=O)[C@H]2C=C[C@H]3C2)cc1. The van der Waals surface area contributed by atoms with E-state index >= 15 is 0 Å². The lowest BCUT2D eigenvalue weighted by atomic mass is 9.85. The van der Waals surface area contributed by atoms with Gasteiger partial charge in [-0.05, 0) is 48.1 Å². The van der Waals surface area contributed by atoms with Crippen LogP contribution in [0.2, 0.25) is 0 Å². The molecule has 2 aliphatic carbocycles. The Bertz CT molecular complexity index is 1320. The molecule has 2 bridgehead atoms. The van der Waals surface area contributed by atoms with Crippen LogP contribution in [0.5, 0.6) is 11.5 Å². The van der Waals surface area contributed by atoms with E-state index in [1.165, 1.54) is 18.2 Å². The molecule has 1 aliphatic heterocycles. The molecule has 1 saturated carbocycles. The van der Waals surface area contributed by atoms with Crippen LogP contribution in [0.15, 0.2) is 65.8 Å². The van der Waals surface area contributed by atoms with Crippen molar-refractivity contribution in [3.8, 4) is 11.5 Å². The van der Waals surface area contributed by atoms with Crippen molar-refractivity contribution < 1.29 is 28.8 Å². The highest BCUT2D eigenvalue weighted by Gasteiger charge is 2.59. The van der Waals surface area contributed by atoms with Gasteiger partial charge in [-0.2, -0.15) is 10.1 Å². The maximum Gasteiger partial charge on any atom is 0.336 e. The van der Waals surface area contributed by atoms with Crippen LogP contribution in [-0.2, 0) is 14.4 Å². The Labute approximate surface area is 205 Å². The van der Waals surface area contributed by atoms with E-state index in [2.05, 4.69) is 5.10 Å². The summed E-state index contributed by atoms with van der Waals surface area (Å²) < 4.78 is 10.5. The number of fused-ring (bicyclic) bond motifs is 5. The number of rotatable bonds is 7. The third-order valence-corrected chi connectivity index (χ3v) is 6.70. The van der Waals surface area contributed by atoms with Crippen molar-refractivity contribution in [2.75, 3.05) is 7.11 Å². The maximum absolute atomic E-state index is 12.9. The van der Waals surface area contributed by atoms with Gasteiger partial charge in [-0.25, -0.2) is 4.79 Å². The zero-order valence-electron chi connectivity index (χ0n) is 19.1. The van der Waals surface area contributed by atoms with Gasteiger partial charge >= 0.3 is 5.97 Å². The van der Waals surface area contributed by atoms with E-state index in [9.17, 15) is 24.5 Å². The number of hydrogen-bond donors (Lipinski definition) is 0. The topological polar surface area (TPSA) is 128 Å². The van der Waals surface area contributed by atoms with E-state index in [-0.39, 0.29) is 40.7 Å². The second-order valence-corrected chi connectivity index (χ2v) is 8.74. The minimum atomic E-state index is -0.722. The highest BCUT2D eigenvalue weighted by atomic mass is 16.6. The van der Waals surface area contributed by atoms with Crippen molar-refractivity contribution in [2.24, 2.45) is 28.8 Å². The molecule has 2 amide bonds. The average Bonchev–Trinajstić information content (AvgIpc) is 3.56. The fraction of sp³-hybridized carbons (Fsp3) is 0.231. The minimum absolute atomic E-state index is 0.00486. The summed E-state index contributed by atoms with van der Waals surface area (Å²) in [5, 5.41) is 16.2. The highest BCUT2D eigenvalue weighted by molar-refractivity contribution is 6.07. The smallest absolute Gasteiger partial charge is 0.336 e. The number of ether oxygens (including phenoxy) is 2. The number of esters is 1. The van der Waals surface area contributed by atoms with Crippen molar-refractivity contribution in [3.05, 3.63) is 81.9 Å². The number of nitro benzene ring substituents is 1. The summed E-state index contributed by atoms with van der Waals surface area (Å²) in [7, 11) is 1.55. The number of carbonyl (C=O) groups excluding carboxylic acids is 3. The Kier molecular flexibility index (Phi) is 5.93. The monoisotopic (exact) mass is 487 g/mol. The van der Waals surface area contributed by atoms with Gasteiger partial charge in [0, 0.05) is 23.8 Å². The predicted molar refractivity (Wildman–Crippen MR) is 128 cm³/mol. The molecule has 1 heterocycles. The summed E-state index contributed by atoms with van der Waals surface area (Å²) in [6.45, 7) is 0. The summed E-state index contributed by atoms with van der Waals surface area (Å²) in [5.41, 5.74) is 0.552. The molecule has 2 fully saturated rings. The van der Waals surface area contributed by atoms with Crippen molar-refractivity contribution in [1.82, 2.24) is 5.01 Å². The Morgan fingerprint density at radius 1 is 1.08 bits per heavy atom. The molecule has 3 aliphatic rings. The van der Waals surface area contributed by atoms with Gasteiger partial charge in [0.25, 0.3) is 17.5 Å². The quantitative estimate of drug-likeness (QED) is 0.0856. The zero-order chi connectivity index (χ0) is 25.4. The van der Waals surface area contributed by atoms with Gasteiger partial charge in [0.1, 0.15) is 11.5 Å². The lowest BCUT2D eigenvalue weighted by molar-refractivity contribution is -0.384. The molecule has 10 nitrogen and oxygen atoms in total.